The molecule has 11 rings (SSSR count). The van der Waals surface area contributed by atoms with E-state index in [0.29, 0.717) is 38.0 Å². The van der Waals surface area contributed by atoms with Gasteiger partial charge in [-0.05, 0) is 98.2 Å². The van der Waals surface area contributed by atoms with E-state index in [-0.39, 0.29) is 23.7 Å². The average molecular weight is 1430 g/mol. The molecule has 0 aromatic carbocycles. The Morgan fingerprint density at radius 3 is 1.44 bits per heavy atom. The van der Waals surface area contributed by atoms with Crippen LogP contribution in [0.2, 0.25) is 0 Å². The first-order valence-corrected chi connectivity index (χ1v) is 35.2. The fraction of sp³-hybridized carbons (Fsp3) is 0.955. The number of hydrogen-bond donors (Lipinski definition) is 17. The second-order valence-electron chi connectivity index (χ2n) is 31.3. The first-order chi connectivity index (χ1) is 46.8. The van der Waals surface area contributed by atoms with E-state index in [4.69, 9.17) is 66.3 Å². The third-order valence-electron chi connectivity index (χ3n) is 25.3. The molecule has 0 aromatic heterocycles. The molecule has 17 N–H and O–H groups in total. The molecule has 38 atom stereocenters. The van der Waals surface area contributed by atoms with E-state index in [1.54, 1.807) is 0 Å². The molecule has 7 heterocycles. The predicted molar refractivity (Wildman–Crippen MR) is 332 cm³/mol. The Morgan fingerprint density at radius 2 is 0.949 bits per heavy atom. The Balaban J connectivity index is 0.868. The van der Waals surface area contributed by atoms with Crippen molar-refractivity contribution in [3.8, 4) is 0 Å². The summed E-state index contributed by atoms with van der Waals surface area (Å²) < 4.78 is 83.9. The summed E-state index contributed by atoms with van der Waals surface area (Å²) in [6, 6.07) is 0. The second kappa shape index (κ2) is 30.3. The van der Waals surface area contributed by atoms with Gasteiger partial charge < -0.3 is 153 Å². The van der Waals surface area contributed by atoms with Gasteiger partial charge in [-0.2, -0.15) is 0 Å². The minimum absolute atomic E-state index is 0.0756. The third-order valence-corrected chi connectivity index (χ3v) is 25.3. The van der Waals surface area contributed by atoms with Crippen molar-refractivity contribution in [2.45, 2.75) is 296 Å². The van der Waals surface area contributed by atoms with Crippen molar-refractivity contribution in [1.29, 1.82) is 0 Å². The summed E-state index contributed by atoms with van der Waals surface area (Å²) in [4.78, 5) is 14.7. The molecule has 32 heteroatoms. The van der Waals surface area contributed by atoms with Crippen LogP contribution in [0.1, 0.15) is 106 Å². The molecule has 11 aliphatic rings. The number of cyclic esters (lactones) is 1. The highest BCUT2D eigenvalue weighted by atomic mass is 16.8. The lowest BCUT2D eigenvalue weighted by Gasteiger charge is -2.65. The Bertz CT molecular complexity index is 2730. The topological polar surface area (TPSA) is 490 Å². The van der Waals surface area contributed by atoms with E-state index in [1.807, 2.05) is 13.0 Å². The number of methoxy groups -OCH3 is 2. The quantitative estimate of drug-likeness (QED) is 0.0357. The summed E-state index contributed by atoms with van der Waals surface area (Å²) in [6.07, 6.45) is -42.9. The number of esters is 1. The zero-order valence-electron chi connectivity index (χ0n) is 57.6. The summed E-state index contributed by atoms with van der Waals surface area (Å²) >= 11 is 0. The van der Waals surface area contributed by atoms with Gasteiger partial charge in [0.25, 0.3) is 0 Å². The molecular weight excluding hydrogens is 1320 g/mol. The van der Waals surface area contributed by atoms with Crippen LogP contribution in [0.15, 0.2) is 11.6 Å². The predicted octanol–water partition coefficient (Wildman–Crippen LogP) is -4.79. The lowest BCUT2D eigenvalue weighted by Crippen LogP contribution is -2.68. The van der Waals surface area contributed by atoms with E-state index >= 15 is 0 Å². The molecule has 0 bridgehead atoms. The van der Waals surface area contributed by atoms with Crippen molar-refractivity contribution < 1.29 is 158 Å². The minimum atomic E-state index is -2.15. The summed E-state index contributed by atoms with van der Waals surface area (Å²) in [7, 11) is 2.35. The van der Waals surface area contributed by atoms with Crippen LogP contribution < -0.4 is 0 Å². The van der Waals surface area contributed by atoms with Gasteiger partial charge >= 0.3 is 5.97 Å². The van der Waals surface area contributed by atoms with Crippen LogP contribution >= 0.6 is 0 Å². The number of allylic oxidation sites excluding steroid dienone is 1. The molecule has 32 nitrogen and oxygen atoms in total. The molecule has 570 valence electrons. The minimum Gasteiger partial charge on any atom is -0.459 e. The standard InChI is InChI=1S/C67H110O32/c1-26(2)11-10-16-66(7)37-15-18-65(6)27-12-13-36-63(3,4)28(14-17-64(36,5)29(27)19-38(73)67(37,65)62(85)99-66)50-56(43(78)35(25-88-50)94-58-48(83)54(41(76)32(22-70)89-58)96-59-46(81)52(86-8)39(74)30(20-68)90-59)98-57-45(80)44(79)51(34(24-72)93-57)95-61-49(84)55(42(77)33(23-71)92-61)97-60-47(82)53(87-9)40(75)31(21-69)91-60/h19,26-28,30-61,68-84H,10-18,20-25H2,1-9H3/t27-,28-,30-,31-,32-,33-,34-,35-,36+,37-,38+,39-,40-,41-,42-,43+,44-,45-,46-,47-,48-,49-,50+,51-,52+,53+,54+,55+,56-,57+,58+,59+,60+,61+,64-,65+,66+,67+/m1/s1. The van der Waals surface area contributed by atoms with Crippen molar-refractivity contribution in [2.75, 3.05) is 53.9 Å². The van der Waals surface area contributed by atoms with Crippen LogP contribution in [0.5, 0.6) is 0 Å². The van der Waals surface area contributed by atoms with Gasteiger partial charge in [-0.3, -0.25) is 4.79 Å². The summed E-state index contributed by atoms with van der Waals surface area (Å²) in [6.45, 7) is 10.2. The number of aliphatic hydroxyl groups is 17. The molecule has 4 aliphatic carbocycles. The van der Waals surface area contributed by atoms with Crippen LogP contribution in [0.25, 0.3) is 0 Å². The fourth-order valence-corrected chi connectivity index (χ4v) is 20.0. The highest BCUT2D eigenvalue weighted by Gasteiger charge is 2.79. The summed E-state index contributed by atoms with van der Waals surface area (Å²) in [5.41, 5.74) is -2.72. The Hall–Kier alpha value is -1.99. The summed E-state index contributed by atoms with van der Waals surface area (Å²) in [5, 5.41) is 192. The van der Waals surface area contributed by atoms with Crippen LogP contribution in [0.4, 0.5) is 0 Å². The fourth-order valence-electron chi connectivity index (χ4n) is 20.0. The summed E-state index contributed by atoms with van der Waals surface area (Å²) in [5.74, 6) is -0.796. The van der Waals surface area contributed by atoms with Crippen LogP contribution in [0.3, 0.4) is 0 Å². The largest absolute Gasteiger partial charge is 0.459 e. The first kappa shape index (κ1) is 78.1. The van der Waals surface area contributed by atoms with Gasteiger partial charge in [0.1, 0.15) is 151 Å². The molecule has 10 fully saturated rings. The van der Waals surface area contributed by atoms with Gasteiger partial charge in [-0.1, -0.05) is 59.6 Å². The number of hydrogen-bond acceptors (Lipinski definition) is 32. The number of aliphatic hydroxyl groups excluding tert-OH is 17. The lowest BCUT2D eigenvalue weighted by molar-refractivity contribution is -0.390. The van der Waals surface area contributed by atoms with Crippen molar-refractivity contribution in [1.82, 2.24) is 0 Å². The third kappa shape index (κ3) is 13.3. The highest BCUT2D eigenvalue weighted by Crippen LogP contribution is 2.76. The van der Waals surface area contributed by atoms with Gasteiger partial charge in [0.2, 0.25) is 0 Å². The Kier molecular flexibility index (Phi) is 23.9. The Labute approximate surface area is 574 Å². The van der Waals surface area contributed by atoms with E-state index in [0.717, 1.165) is 31.3 Å². The monoisotopic (exact) mass is 1430 g/mol. The number of ether oxygens (including phenoxy) is 14. The van der Waals surface area contributed by atoms with Crippen molar-refractivity contribution >= 4 is 5.97 Å². The molecule has 99 heavy (non-hydrogen) atoms. The van der Waals surface area contributed by atoms with Gasteiger partial charge in [0.05, 0.1) is 51.8 Å². The maximum Gasteiger partial charge on any atom is 0.316 e. The lowest BCUT2D eigenvalue weighted by atomic mass is 9.39. The van der Waals surface area contributed by atoms with Gasteiger partial charge in [0.15, 0.2) is 31.5 Å². The van der Waals surface area contributed by atoms with Gasteiger partial charge in [0, 0.05) is 20.1 Å². The molecular formula is C67H110O32. The molecule has 0 radical (unpaired) electrons. The van der Waals surface area contributed by atoms with Gasteiger partial charge in [-0.15, -0.1) is 0 Å². The van der Waals surface area contributed by atoms with Crippen molar-refractivity contribution in [3.05, 3.63) is 11.6 Å². The molecule has 0 aromatic rings. The zero-order chi connectivity index (χ0) is 72.1. The van der Waals surface area contributed by atoms with Crippen molar-refractivity contribution in [2.24, 2.45) is 51.2 Å². The number of fused-ring (bicyclic) bond motifs is 4. The highest BCUT2D eigenvalue weighted by molar-refractivity contribution is 5.84. The molecule has 7 saturated heterocycles. The van der Waals surface area contributed by atoms with Crippen LogP contribution in [-0.2, 0) is 71.1 Å². The van der Waals surface area contributed by atoms with E-state index < -0.39 is 257 Å². The zero-order valence-corrected chi connectivity index (χ0v) is 57.6. The SMILES string of the molecule is CO[C@@H]1[C@@H](O)[C@H](O[C@@H]2[C@@H](O)[C@H](O[C@H]3[C@H](O)[C@@H](O)[C@H](O[C@@H]4[C@@H](O)[C@H](O[C@@H]5O[C@H](CO)[C@@H](O)[C@H](O[C@@H]6O[C@H](CO)[C@@H](O)[C@H](OC)[C@H]6O)[C@H]5O)CO[C@H]4[C@H]4CC[C@]5(C)C6=C[C@H](O)[C@]78C(=O)O[C@@](C)(CCCC(C)C)[C@H]7CC[C@@]8(C)[C@@H]6CC[C@H]5C4(C)C)O[C@@H]3CO)O[C@H](CO)[C@H]2O)O[C@H](CO)[C@H]1O. The van der Waals surface area contributed by atoms with Crippen molar-refractivity contribution in [3.63, 3.8) is 0 Å². The maximum absolute atomic E-state index is 14.7. The Morgan fingerprint density at radius 1 is 0.495 bits per heavy atom. The van der Waals surface area contributed by atoms with E-state index in [1.165, 1.54) is 14.2 Å². The van der Waals surface area contributed by atoms with Gasteiger partial charge in [-0.25, -0.2) is 0 Å². The average Bonchev–Trinajstić information content (AvgIpc) is 1.52. The maximum atomic E-state index is 14.7. The molecule has 3 saturated carbocycles. The van der Waals surface area contributed by atoms with E-state index in [2.05, 4.69) is 41.5 Å². The second-order valence-corrected chi connectivity index (χ2v) is 31.3. The molecule has 1 spiro atoms. The number of carbonyl (C=O) groups excluding carboxylic acids is 1. The number of rotatable bonds is 22. The first-order valence-electron chi connectivity index (χ1n) is 35.2. The molecule has 0 unspecified atom stereocenters. The number of carbonyl (C=O) groups is 1. The smallest absolute Gasteiger partial charge is 0.316 e. The van der Waals surface area contributed by atoms with Crippen LogP contribution in [-0.4, -0.2) is 336 Å². The van der Waals surface area contributed by atoms with Crippen LogP contribution in [0, 0.1) is 51.2 Å². The molecule has 7 aliphatic heterocycles. The molecule has 0 amide bonds. The van der Waals surface area contributed by atoms with E-state index in [9.17, 15) is 91.6 Å². The normalized spacial score (nSPS) is 52.9.